The zero-order valence-electron chi connectivity index (χ0n) is 17.9. The Balaban J connectivity index is 1.74. The average Bonchev–Trinajstić information content (AvgIpc) is 3.11. The molecule has 1 aromatic rings. The summed E-state index contributed by atoms with van der Waals surface area (Å²) in [5.74, 6) is -2.02. The number of aromatic carboxylic acids is 1. The first-order chi connectivity index (χ1) is 15.5. The van der Waals surface area contributed by atoms with E-state index in [2.05, 4.69) is 5.32 Å². The second-order valence-electron chi connectivity index (χ2n) is 7.24. The van der Waals surface area contributed by atoms with Gasteiger partial charge in [-0.25, -0.2) is 9.69 Å². The van der Waals surface area contributed by atoms with E-state index >= 15 is 0 Å². The van der Waals surface area contributed by atoms with Crippen molar-refractivity contribution in [2.75, 3.05) is 43.8 Å². The van der Waals surface area contributed by atoms with Crippen LogP contribution in [0, 0.1) is 0 Å². The van der Waals surface area contributed by atoms with E-state index in [0.29, 0.717) is 25.7 Å². The second kappa shape index (κ2) is 13.8. The predicted molar refractivity (Wildman–Crippen MR) is 118 cm³/mol. The Morgan fingerprint density at radius 1 is 0.969 bits per heavy atom. The third-order valence-corrected chi connectivity index (χ3v) is 5.13. The van der Waals surface area contributed by atoms with E-state index in [-0.39, 0.29) is 42.8 Å². The molecule has 1 fully saturated rings. The molecule has 0 aliphatic carbocycles. The Kier molecular flexibility index (Phi) is 11.1. The Labute approximate surface area is 192 Å². The van der Waals surface area contributed by atoms with Crippen LogP contribution in [0.1, 0.15) is 59.2 Å². The number of unbranched alkanes of at least 4 members (excludes halogenated alkanes) is 3. The largest absolute Gasteiger partial charge is 0.478 e. The van der Waals surface area contributed by atoms with Gasteiger partial charge in [-0.1, -0.05) is 12.8 Å². The van der Waals surface area contributed by atoms with Crippen molar-refractivity contribution < 1.29 is 33.8 Å². The molecule has 0 spiro atoms. The molecule has 2 N–H and O–H groups in total. The lowest BCUT2D eigenvalue weighted by atomic mass is 10.1. The average molecular weight is 469 g/mol. The molecule has 1 heterocycles. The number of amides is 3. The lowest BCUT2D eigenvalue weighted by Gasteiger charge is -2.17. The number of hydrogen-bond donors (Lipinski definition) is 2. The summed E-state index contributed by atoms with van der Waals surface area (Å²) in [6.45, 7) is 2.09. The zero-order valence-corrected chi connectivity index (χ0v) is 18.7. The van der Waals surface area contributed by atoms with Crippen molar-refractivity contribution in [3.8, 4) is 0 Å². The highest BCUT2D eigenvalue weighted by Crippen LogP contribution is 2.28. The SMILES string of the molecule is O=C(NCCOCCOCCCCCCCl)c1ccc(C(=O)O)c(N2C(=O)CCC2=O)c1. The Morgan fingerprint density at radius 3 is 2.28 bits per heavy atom. The lowest BCUT2D eigenvalue weighted by molar-refractivity contribution is -0.121. The standard InChI is InChI=1S/C22H29ClN2O7/c23-9-3-1-2-4-11-31-13-14-32-12-10-24-21(28)16-5-6-17(22(29)30)18(15-16)25-19(26)7-8-20(25)27/h5-6,15H,1-4,7-14H2,(H,24,28)(H,29,30). The fourth-order valence-electron chi connectivity index (χ4n) is 3.20. The van der Waals surface area contributed by atoms with Gasteiger partial charge in [0.25, 0.3) is 5.91 Å². The minimum absolute atomic E-state index is 0.0173. The molecule has 176 valence electrons. The van der Waals surface area contributed by atoms with Gasteiger partial charge in [0, 0.05) is 37.4 Å². The van der Waals surface area contributed by atoms with Crippen molar-refractivity contribution in [2.24, 2.45) is 0 Å². The van der Waals surface area contributed by atoms with Gasteiger partial charge in [0.05, 0.1) is 31.1 Å². The number of hydrogen-bond acceptors (Lipinski definition) is 6. The van der Waals surface area contributed by atoms with Crippen molar-refractivity contribution in [1.29, 1.82) is 0 Å². The van der Waals surface area contributed by atoms with Crippen molar-refractivity contribution in [3.63, 3.8) is 0 Å². The van der Waals surface area contributed by atoms with Crippen LogP contribution in [0.15, 0.2) is 18.2 Å². The van der Waals surface area contributed by atoms with Crippen LogP contribution in [-0.2, 0) is 19.1 Å². The first kappa shape index (κ1) is 25.8. The maximum absolute atomic E-state index is 12.4. The monoisotopic (exact) mass is 468 g/mol. The molecule has 1 aliphatic heterocycles. The normalized spacial score (nSPS) is 13.6. The molecule has 0 atom stereocenters. The summed E-state index contributed by atoms with van der Waals surface area (Å²) in [6.07, 6.45) is 4.25. The van der Waals surface area contributed by atoms with Crippen LogP contribution < -0.4 is 10.2 Å². The minimum atomic E-state index is -1.29. The van der Waals surface area contributed by atoms with E-state index in [0.717, 1.165) is 30.6 Å². The summed E-state index contributed by atoms with van der Waals surface area (Å²) in [5, 5.41) is 12.0. The lowest BCUT2D eigenvalue weighted by Crippen LogP contribution is -2.31. The highest BCUT2D eigenvalue weighted by atomic mass is 35.5. The number of carboxylic acids is 1. The molecular formula is C22H29ClN2O7. The topological polar surface area (TPSA) is 122 Å². The molecule has 0 bridgehead atoms. The summed E-state index contributed by atoms with van der Waals surface area (Å²) in [6, 6.07) is 3.81. The van der Waals surface area contributed by atoms with E-state index in [1.54, 1.807) is 0 Å². The quantitative estimate of drug-likeness (QED) is 0.230. The van der Waals surface area contributed by atoms with Crippen LogP contribution in [0.3, 0.4) is 0 Å². The molecule has 0 aromatic heterocycles. The smallest absolute Gasteiger partial charge is 0.337 e. The van der Waals surface area contributed by atoms with Crippen LogP contribution >= 0.6 is 11.6 Å². The molecule has 1 saturated heterocycles. The van der Waals surface area contributed by atoms with Crippen molar-refractivity contribution >= 4 is 41.0 Å². The van der Waals surface area contributed by atoms with Gasteiger partial charge in [-0.15, -0.1) is 11.6 Å². The summed E-state index contributed by atoms with van der Waals surface area (Å²) >= 11 is 5.62. The minimum Gasteiger partial charge on any atom is -0.478 e. The summed E-state index contributed by atoms with van der Waals surface area (Å²) in [5.41, 5.74) is -0.156. The van der Waals surface area contributed by atoms with E-state index in [9.17, 15) is 24.3 Å². The molecule has 32 heavy (non-hydrogen) atoms. The van der Waals surface area contributed by atoms with E-state index < -0.39 is 23.7 Å². The third kappa shape index (κ3) is 7.89. The van der Waals surface area contributed by atoms with E-state index in [4.69, 9.17) is 21.1 Å². The maximum Gasteiger partial charge on any atom is 0.337 e. The maximum atomic E-state index is 12.4. The van der Waals surface area contributed by atoms with Gasteiger partial charge in [-0.3, -0.25) is 14.4 Å². The molecule has 3 amide bonds. The van der Waals surface area contributed by atoms with Gasteiger partial charge in [-0.05, 0) is 31.0 Å². The number of alkyl halides is 1. The van der Waals surface area contributed by atoms with Gasteiger partial charge in [0.15, 0.2) is 0 Å². The Morgan fingerprint density at radius 2 is 1.62 bits per heavy atom. The highest BCUT2D eigenvalue weighted by Gasteiger charge is 2.33. The molecule has 9 nitrogen and oxygen atoms in total. The van der Waals surface area contributed by atoms with Gasteiger partial charge in [0.1, 0.15) is 0 Å². The fourth-order valence-corrected chi connectivity index (χ4v) is 3.39. The first-order valence-corrected chi connectivity index (χ1v) is 11.2. The van der Waals surface area contributed by atoms with Gasteiger partial charge >= 0.3 is 5.97 Å². The number of nitrogens with one attached hydrogen (secondary N) is 1. The molecule has 1 aliphatic rings. The van der Waals surface area contributed by atoms with E-state index in [1.807, 2.05) is 0 Å². The summed E-state index contributed by atoms with van der Waals surface area (Å²) in [7, 11) is 0. The number of benzene rings is 1. The fraction of sp³-hybridized carbons (Fsp3) is 0.545. The summed E-state index contributed by atoms with van der Waals surface area (Å²) in [4.78, 5) is 48.8. The number of anilines is 1. The van der Waals surface area contributed by atoms with Crippen LogP contribution in [-0.4, -0.2) is 67.6 Å². The van der Waals surface area contributed by atoms with Crippen molar-refractivity contribution in [2.45, 2.75) is 38.5 Å². The number of imide groups is 1. The van der Waals surface area contributed by atoms with Gasteiger partial charge in [-0.2, -0.15) is 0 Å². The number of nitrogens with zero attached hydrogens (tertiary/aromatic N) is 1. The molecule has 0 unspecified atom stereocenters. The molecule has 0 saturated carbocycles. The third-order valence-electron chi connectivity index (χ3n) is 4.86. The first-order valence-electron chi connectivity index (χ1n) is 10.7. The van der Waals surface area contributed by atoms with Crippen LogP contribution in [0.25, 0.3) is 0 Å². The second-order valence-corrected chi connectivity index (χ2v) is 7.62. The predicted octanol–water partition coefficient (Wildman–Crippen LogP) is 2.60. The van der Waals surface area contributed by atoms with Crippen LogP contribution in [0.4, 0.5) is 5.69 Å². The summed E-state index contributed by atoms with van der Waals surface area (Å²) < 4.78 is 10.9. The van der Waals surface area contributed by atoms with Crippen LogP contribution in [0.5, 0.6) is 0 Å². The van der Waals surface area contributed by atoms with E-state index in [1.165, 1.54) is 18.2 Å². The molecule has 2 rings (SSSR count). The Bertz CT molecular complexity index is 799. The number of rotatable bonds is 15. The molecule has 0 radical (unpaired) electrons. The van der Waals surface area contributed by atoms with Crippen molar-refractivity contribution in [1.82, 2.24) is 5.32 Å². The zero-order chi connectivity index (χ0) is 23.3. The Hall–Kier alpha value is -2.49. The van der Waals surface area contributed by atoms with Crippen LogP contribution in [0.2, 0.25) is 0 Å². The molecular weight excluding hydrogens is 440 g/mol. The number of ether oxygens (including phenoxy) is 2. The number of carboxylic acid groups (broad SMARTS) is 1. The highest BCUT2D eigenvalue weighted by molar-refractivity contribution is 6.22. The van der Waals surface area contributed by atoms with Crippen molar-refractivity contribution in [3.05, 3.63) is 29.3 Å². The number of carbonyl (C=O) groups excluding carboxylic acids is 3. The molecule has 10 heteroatoms. The molecule has 1 aromatic carbocycles. The number of carbonyl (C=O) groups is 4. The van der Waals surface area contributed by atoms with Gasteiger partial charge in [0.2, 0.25) is 11.8 Å². The number of halogens is 1. The van der Waals surface area contributed by atoms with Gasteiger partial charge < -0.3 is 19.9 Å².